The highest BCUT2D eigenvalue weighted by molar-refractivity contribution is 6.42. The maximum Gasteiger partial charge on any atom is 0.117 e. The molecule has 0 fully saturated rings. The smallest absolute Gasteiger partial charge is 0.117 e. The van der Waals surface area contributed by atoms with Crippen LogP contribution >= 0.6 is 23.2 Å². The normalized spacial score (nSPS) is 11.4. The van der Waals surface area contributed by atoms with Crippen molar-refractivity contribution >= 4 is 23.2 Å². The van der Waals surface area contributed by atoms with Crippen LogP contribution in [0.4, 0.5) is 0 Å². The van der Waals surface area contributed by atoms with Crippen LogP contribution in [0.2, 0.25) is 10.0 Å². The molecule has 1 aromatic heterocycles. The number of hydrogen-bond donors (Lipinski definition) is 1. The SMILES string of the molecule is CCCCN(CCCC)CCCNCc1nn(Cc2ccc(Cl)c(Cl)c2)nc1-c1ccccc1. The largest absolute Gasteiger partial charge is 0.311 e. The Morgan fingerprint density at radius 2 is 1.56 bits per heavy atom. The Labute approximate surface area is 214 Å². The Morgan fingerprint density at radius 3 is 2.24 bits per heavy atom. The van der Waals surface area contributed by atoms with Gasteiger partial charge in [-0.3, -0.25) is 0 Å². The summed E-state index contributed by atoms with van der Waals surface area (Å²) in [4.78, 5) is 4.35. The average molecular weight is 503 g/mol. The van der Waals surface area contributed by atoms with Crippen molar-refractivity contribution in [3.8, 4) is 11.3 Å². The Morgan fingerprint density at radius 1 is 0.853 bits per heavy atom. The molecule has 1 heterocycles. The summed E-state index contributed by atoms with van der Waals surface area (Å²) in [6.45, 7) is 10.3. The van der Waals surface area contributed by atoms with E-state index in [4.69, 9.17) is 33.4 Å². The topological polar surface area (TPSA) is 46.0 Å². The van der Waals surface area contributed by atoms with Crippen LogP contribution < -0.4 is 5.32 Å². The molecule has 34 heavy (non-hydrogen) atoms. The van der Waals surface area contributed by atoms with E-state index in [9.17, 15) is 0 Å². The number of benzene rings is 2. The lowest BCUT2D eigenvalue weighted by Gasteiger charge is -2.21. The quantitative estimate of drug-likeness (QED) is 0.236. The summed E-state index contributed by atoms with van der Waals surface area (Å²) in [5.74, 6) is 0. The van der Waals surface area contributed by atoms with Gasteiger partial charge in [-0.05, 0) is 63.1 Å². The molecule has 0 amide bonds. The van der Waals surface area contributed by atoms with E-state index in [2.05, 4.69) is 36.2 Å². The van der Waals surface area contributed by atoms with Gasteiger partial charge in [0.05, 0.1) is 16.6 Å². The zero-order chi connectivity index (χ0) is 24.2. The highest BCUT2D eigenvalue weighted by atomic mass is 35.5. The van der Waals surface area contributed by atoms with Gasteiger partial charge in [0.25, 0.3) is 0 Å². The highest BCUT2D eigenvalue weighted by Gasteiger charge is 2.14. The lowest BCUT2D eigenvalue weighted by Crippen LogP contribution is -2.29. The van der Waals surface area contributed by atoms with E-state index < -0.39 is 0 Å². The molecular formula is C27H37Cl2N5. The van der Waals surface area contributed by atoms with E-state index in [-0.39, 0.29) is 0 Å². The van der Waals surface area contributed by atoms with Gasteiger partial charge in [0.15, 0.2) is 0 Å². The molecule has 0 radical (unpaired) electrons. The molecule has 0 aliphatic rings. The maximum absolute atomic E-state index is 6.19. The molecule has 0 aliphatic carbocycles. The van der Waals surface area contributed by atoms with Gasteiger partial charge in [-0.15, -0.1) is 0 Å². The number of aromatic nitrogens is 3. The number of nitrogens with one attached hydrogen (secondary N) is 1. The third kappa shape index (κ3) is 8.38. The summed E-state index contributed by atoms with van der Waals surface area (Å²) in [7, 11) is 0. The third-order valence-electron chi connectivity index (χ3n) is 5.86. The Bertz CT molecular complexity index is 982. The standard InChI is InChI=1S/C27H37Cl2N5/c1-3-5-16-33(17-6-4-2)18-10-15-30-20-26-27(23-11-8-7-9-12-23)32-34(31-26)21-22-13-14-24(28)25(29)19-22/h7-9,11-14,19,30H,3-6,10,15-18,20-21H2,1-2H3. The van der Waals surface area contributed by atoms with Crippen LogP contribution in [0, 0.1) is 0 Å². The summed E-state index contributed by atoms with van der Waals surface area (Å²) >= 11 is 12.3. The van der Waals surface area contributed by atoms with Crippen molar-refractivity contribution in [3.05, 3.63) is 69.8 Å². The highest BCUT2D eigenvalue weighted by Crippen LogP contribution is 2.24. The zero-order valence-electron chi connectivity index (χ0n) is 20.4. The number of hydrogen-bond acceptors (Lipinski definition) is 4. The second-order valence-electron chi connectivity index (χ2n) is 8.72. The number of halogens is 2. The van der Waals surface area contributed by atoms with Crippen LogP contribution in [-0.4, -0.2) is 46.1 Å². The number of rotatable bonds is 15. The summed E-state index contributed by atoms with van der Waals surface area (Å²) < 4.78 is 0. The Hall–Kier alpha value is -1.92. The number of unbranched alkanes of at least 4 members (excludes halogenated alkanes) is 2. The molecule has 3 aromatic rings. The van der Waals surface area contributed by atoms with Gasteiger partial charge in [-0.25, -0.2) is 0 Å². The second-order valence-corrected chi connectivity index (χ2v) is 9.53. The molecule has 5 nitrogen and oxygen atoms in total. The van der Waals surface area contributed by atoms with E-state index >= 15 is 0 Å². The van der Waals surface area contributed by atoms with Crippen LogP contribution in [0.25, 0.3) is 11.3 Å². The number of nitrogens with zero attached hydrogens (tertiary/aromatic N) is 4. The van der Waals surface area contributed by atoms with Crippen LogP contribution in [0.1, 0.15) is 57.2 Å². The Balaban J connectivity index is 1.61. The van der Waals surface area contributed by atoms with Crippen molar-refractivity contribution in [2.75, 3.05) is 26.2 Å². The van der Waals surface area contributed by atoms with E-state index in [0.717, 1.165) is 42.0 Å². The molecule has 1 N–H and O–H groups in total. The van der Waals surface area contributed by atoms with Crippen molar-refractivity contribution < 1.29 is 0 Å². The minimum Gasteiger partial charge on any atom is -0.311 e. The molecular weight excluding hydrogens is 465 g/mol. The first-order valence-corrected chi connectivity index (χ1v) is 13.2. The van der Waals surface area contributed by atoms with Crippen LogP contribution in [0.3, 0.4) is 0 Å². The molecule has 0 saturated carbocycles. The molecule has 0 aliphatic heterocycles. The molecule has 0 unspecified atom stereocenters. The van der Waals surface area contributed by atoms with Gasteiger partial charge in [-0.1, -0.05) is 86.3 Å². The van der Waals surface area contributed by atoms with E-state index in [1.54, 1.807) is 4.80 Å². The van der Waals surface area contributed by atoms with Crippen molar-refractivity contribution in [2.45, 2.75) is 59.0 Å². The summed E-state index contributed by atoms with van der Waals surface area (Å²) in [6, 6.07) is 15.9. The maximum atomic E-state index is 6.19. The average Bonchev–Trinajstić information content (AvgIpc) is 3.25. The summed E-state index contributed by atoms with van der Waals surface area (Å²) in [5.41, 5.74) is 3.97. The van der Waals surface area contributed by atoms with Gasteiger partial charge in [0.1, 0.15) is 11.4 Å². The van der Waals surface area contributed by atoms with Crippen LogP contribution in [-0.2, 0) is 13.1 Å². The van der Waals surface area contributed by atoms with Gasteiger partial charge >= 0.3 is 0 Å². The second kappa shape index (κ2) is 14.5. The first-order valence-electron chi connectivity index (χ1n) is 12.5. The monoisotopic (exact) mass is 501 g/mol. The lowest BCUT2D eigenvalue weighted by molar-refractivity contribution is 0.261. The van der Waals surface area contributed by atoms with Crippen molar-refractivity contribution in [2.24, 2.45) is 0 Å². The van der Waals surface area contributed by atoms with Gasteiger partial charge < -0.3 is 10.2 Å². The van der Waals surface area contributed by atoms with Crippen molar-refractivity contribution in [1.82, 2.24) is 25.2 Å². The fourth-order valence-corrected chi connectivity index (χ4v) is 4.25. The minimum absolute atomic E-state index is 0.542. The molecule has 0 saturated heterocycles. The zero-order valence-corrected chi connectivity index (χ0v) is 22.0. The molecule has 0 atom stereocenters. The van der Waals surface area contributed by atoms with E-state index in [0.29, 0.717) is 23.1 Å². The summed E-state index contributed by atoms with van der Waals surface area (Å²) in [5, 5.41) is 14.3. The molecule has 2 aromatic carbocycles. The van der Waals surface area contributed by atoms with Gasteiger partial charge in [0.2, 0.25) is 0 Å². The predicted molar refractivity (Wildman–Crippen MR) is 144 cm³/mol. The Kier molecular flexibility index (Phi) is 11.4. The van der Waals surface area contributed by atoms with E-state index in [1.165, 1.54) is 38.8 Å². The van der Waals surface area contributed by atoms with E-state index in [1.807, 2.05) is 36.4 Å². The molecule has 7 heteroatoms. The van der Waals surface area contributed by atoms with Gasteiger partial charge in [0, 0.05) is 12.1 Å². The molecule has 184 valence electrons. The third-order valence-corrected chi connectivity index (χ3v) is 6.60. The summed E-state index contributed by atoms with van der Waals surface area (Å²) in [6.07, 6.45) is 6.19. The van der Waals surface area contributed by atoms with Crippen molar-refractivity contribution in [1.29, 1.82) is 0 Å². The molecule has 0 spiro atoms. The predicted octanol–water partition coefficient (Wildman–Crippen LogP) is 6.68. The first kappa shape index (κ1) is 26.7. The fourth-order valence-electron chi connectivity index (χ4n) is 3.93. The first-order chi connectivity index (χ1) is 16.6. The van der Waals surface area contributed by atoms with Crippen LogP contribution in [0.5, 0.6) is 0 Å². The van der Waals surface area contributed by atoms with Crippen molar-refractivity contribution in [3.63, 3.8) is 0 Å². The van der Waals surface area contributed by atoms with Crippen LogP contribution in [0.15, 0.2) is 48.5 Å². The lowest BCUT2D eigenvalue weighted by atomic mass is 10.1. The molecule has 3 rings (SSSR count). The minimum atomic E-state index is 0.542. The van der Waals surface area contributed by atoms with Gasteiger partial charge in [-0.2, -0.15) is 15.0 Å². The fraction of sp³-hybridized carbons (Fsp3) is 0.481. The molecule has 0 bridgehead atoms.